The highest BCUT2D eigenvalue weighted by Gasteiger charge is 2.13. The van der Waals surface area contributed by atoms with E-state index in [9.17, 15) is 9.90 Å². The van der Waals surface area contributed by atoms with Crippen LogP contribution in [-0.4, -0.2) is 37.0 Å². The number of hydrogen-bond acceptors (Lipinski definition) is 4. The van der Waals surface area contributed by atoms with Crippen LogP contribution in [0.4, 0.5) is 0 Å². The number of aliphatic hydroxyl groups is 1. The Hall–Kier alpha value is -0.610. The van der Waals surface area contributed by atoms with Crippen LogP contribution in [0.1, 0.15) is 155 Å². The third kappa shape index (κ3) is 25.8. The van der Waals surface area contributed by atoms with Crippen LogP contribution >= 0.6 is 0 Å². The number of hydrogen-bond donors (Lipinski definition) is 1. The molecule has 0 radical (unpaired) electrons. The van der Waals surface area contributed by atoms with Crippen molar-refractivity contribution in [1.29, 1.82) is 0 Å². The van der Waals surface area contributed by atoms with Gasteiger partial charge in [0.1, 0.15) is 6.10 Å². The molecule has 0 aromatic carbocycles. The molecule has 1 unspecified atom stereocenters. The number of unbranched alkanes of at least 4 members (excludes halogenated alkanes) is 19. The van der Waals surface area contributed by atoms with E-state index in [4.69, 9.17) is 9.47 Å². The lowest BCUT2D eigenvalue weighted by Crippen LogP contribution is -2.27. The first-order valence-electron chi connectivity index (χ1n) is 14.6. The fourth-order valence-electron chi connectivity index (χ4n) is 4.21. The van der Waals surface area contributed by atoms with Crippen LogP contribution in [0.3, 0.4) is 0 Å². The van der Waals surface area contributed by atoms with Gasteiger partial charge in [-0.1, -0.05) is 136 Å². The molecule has 0 aromatic rings. The molecule has 0 spiro atoms. The second-order valence-corrected chi connectivity index (χ2v) is 9.84. The molecule has 0 amide bonds. The summed E-state index contributed by atoms with van der Waals surface area (Å²) in [5, 5.41) is 9.35. The predicted octanol–water partition coefficient (Wildman–Crippen LogP) is 8.53. The Morgan fingerprint density at radius 3 is 1.42 bits per heavy atom. The van der Waals surface area contributed by atoms with Crippen molar-refractivity contribution >= 4 is 5.97 Å². The van der Waals surface area contributed by atoms with Crippen molar-refractivity contribution in [2.75, 3.05) is 19.8 Å². The highest BCUT2D eigenvalue weighted by molar-refractivity contribution is 5.69. The van der Waals surface area contributed by atoms with Crippen LogP contribution in [0.25, 0.3) is 0 Å². The summed E-state index contributed by atoms with van der Waals surface area (Å²) >= 11 is 0. The highest BCUT2D eigenvalue weighted by Crippen LogP contribution is 2.14. The fraction of sp³-hybridized carbons (Fsp3) is 0.966. The van der Waals surface area contributed by atoms with Crippen LogP contribution in [0.2, 0.25) is 0 Å². The van der Waals surface area contributed by atoms with Gasteiger partial charge in [-0.25, -0.2) is 0 Å². The molecule has 33 heavy (non-hydrogen) atoms. The first-order valence-corrected chi connectivity index (χ1v) is 14.6. The lowest BCUT2D eigenvalue weighted by molar-refractivity contribution is -0.154. The van der Waals surface area contributed by atoms with Crippen LogP contribution in [0, 0.1) is 0 Å². The maximum Gasteiger partial charge on any atom is 0.306 e. The number of esters is 1. The van der Waals surface area contributed by atoms with Crippen molar-refractivity contribution in [2.45, 2.75) is 161 Å². The van der Waals surface area contributed by atoms with Gasteiger partial charge >= 0.3 is 5.97 Å². The van der Waals surface area contributed by atoms with Gasteiger partial charge in [0, 0.05) is 13.0 Å². The standard InChI is InChI=1S/C29H58O4/c1-3-5-7-8-9-10-11-12-13-14-15-16-17-18-19-20-21-23-25-32-27-28(26-30)33-29(31)24-22-6-4-2/h28,30H,3-27H2,1-2H3. The van der Waals surface area contributed by atoms with E-state index in [2.05, 4.69) is 13.8 Å². The predicted molar refractivity (Wildman–Crippen MR) is 141 cm³/mol. The summed E-state index contributed by atoms with van der Waals surface area (Å²) in [4.78, 5) is 11.7. The van der Waals surface area contributed by atoms with Crippen LogP contribution in [0.15, 0.2) is 0 Å². The summed E-state index contributed by atoms with van der Waals surface area (Å²) in [5.74, 6) is -0.223. The van der Waals surface area contributed by atoms with E-state index in [1.54, 1.807) is 0 Å². The van der Waals surface area contributed by atoms with E-state index < -0.39 is 6.10 Å². The topological polar surface area (TPSA) is 55.8 Å². The van der Waals surface area contributed by atoms with Gasteiger partial charge < -0.3 is 14.6 Å². The number of carbonyl (C=O) groups is 1. The zero-order valence-corrected chi connectivity index (χ0v) is 22.4. The second kappa shape index (κ2) is 27.6. The Morgan fingerprint density at radius 1 is 0.606 bits per heavy atom. The molecule has 0 saturated heterocycles. The van der Waals surface area contributed by atoms with Crippen molar-refractivity contribution in [3.8, 4) is 0 Å². The molecule has 0 heterocycles. The van der Waals surface area contributed by atoms with Gasteiger partial charge in [-0.05, 0) is 12.8 Å². The lowest BCUT2D eigenvalue weighted by Gasteiger charge is -2.15. The summed E-state index contributed by atoms with van der Waals surface area (Å²) in [5.41, 5.74) is 0. The molecular formula is C29H58O4. The fourth-order valence-corrected chi connectivity index (χ4v) is 4.21. The lowest BCUT2D eigenvalue weighted by atomic mass is 10.0. The Morgan fingerprint density at radius 2 is 1.00 bits per heavy atom. The molecule has 1 atom stereocenters. The highest BCUT2D eigenvalue weighted by atomic mass is 16.6. The normalized spacial score (nSPS) is 12.2. The summed E-state index contributed by atoms with van der Waals surface area (Å²) in [6, 6.07) is 0. The maximum atomic E-state index is 11.7. The first-order chi connectivity index (χ1) is 16.2. The van der Waals surface area contributed by atoms with Gasteiger partial charge in [-0.2, -0.15) is 0 Å². The zero-order chi connectivity index (χ0) is 24.2. The molecule has 4 nitrogen and oxygen atoms in total. The Labute approximate surface area is 206 Å². The monoisotopic (exact) mass is 470 g/mol. The maximum absolute atomic E-state index is 11.7. The van der Waals surface area contributed by atoms with Crippen LogP contribution < -0.4 is 0 Å². The van der Waals surface area contributed by atoms with Gasteiger partial charge in [0.15, 0.2) is 0 Å². The van der Waals surface area contributed by atoms with Gasteiger partial charge in [0.2, 0.25) is 0 Å². The van der Waals surface area contributed by atoms with Gasteiger partial charge in [0.25, 0.3) is 0 Å². The van der Waals surface area contributed by atoms with E-state index in [0.29, 0.717) is 19.6 Å². The molecule has 0 aliphatic heterocycles. The molecule has 0 saturated carbocycles. The van der Waals surface area contributed by atoms with Crippen molar-refractivity contribution in [3.63, 3.8) is 0 Å². The first kappa shape index (κ1) is 32.4. The molecule has 4 heteroatoms. The minimum Gasteiger partial charge on any atom is -0.457 e. The van der Waals surface area contributed by atoms with Crippen molar-refractivity contribution in [1.82, 2.24) is 0 Å². The molecule has 1 N–H and O–H groups in total. The van der Waals surface area contributed by atoms with Gasteiger partial charge in [0.05, 0.1) is 13.2 Å². The number of rotatable bonds is 27. The third-order valence-corrected chi connectivity index (χ3v) is 6.43. The van der Waals surface area contributed by atoms with E-state index in [1.807, 2.05) is 0 Å². The Bertz CT molecular complexity index is 386. The summed E-state index contributed by atoms with van der Waals surface area (Å²) in [6.07, 6.45) is 27.6. The van der Waals surface area contributed by atoms with Crippen molar-refractivity contribution in [3.05, 3.63) is 0 Å². The molecule has 0 aliphatic rings. The van der Waals surface area contributed by atoms with Gasteiger partial charge in [-0.3, -0.25) is 4.79 Å². The van der Waals surface area contributed by atoms with E-state index in [1.165, 1.54) is 109 Å². The summed E-state index contributed by atoms with van der Waals surface area (Å²) in [6.45, 7) is 5.21. The Kier molecular flexibility index (Phi) is 27.1. The third-order valence-electron chi connectivity index (χ3n) is 6.43. The van der Waals surface area contributed by atoms with Gasteiger partial charge in [-0.15, -0.1) is 0 Å². The average Bonchev–Trinajstić information content (AvgIpc) is 2.82. The van der Waals surface area contributed by atoms with E-state index >= 15 is 0 Å². The Balaban J connectivity index is 3.26. The smallest absolute Gasteiger partial charge is 0.306 e. The van der Waals surface area contributed by atoms with Crippen molar-refractivity contribution in [2.24, 2.45) is 0 Å². The molecular weight excluding hydrogens is 412 g/mol. The quantitative estimate of drug-likeness (QED) is 0.0965. The second-order valence-electron chi connectivity index (χ2n) is 9.84. The molecule has 0 rings (SSSR count). The minimum atomic E-state index is -0.519. The number of aliphatic hydroxyl groups excluding tert-OH is 1. The number of carbonyl (C=O) groups excluding carboxylic acids is 1. The molecule has 0 aromatic heterocycles. The molecule has 0 fully saturated rings. The molecule has 0 aliphatic carbocycles. The van der Waals surface area contributed by atoms with E-state index in [0.717, 1.165) is 25.7 Å². The summed E-state index contributed by atoms with van der Waals surface area (Å²) in [7, 11) is 0. The zero-order valence-electron chi connectivity index (χ0n) is 22.4. The minimum absolute atomic E-state index is 0.168. The van der Waals surface area contributed by atoms with Crippen molar-refractivity contribution < 1.29 is 19.4 Å². The van der Waals surface area contributed by atoms with Crippen LogP contribution in [0.5, 0.6) is 0 Å². The average molecular weight is 471 g/mol. The van der Waals surface area contributed by atoms with E-state index in [-0.39, 0.29) is 12.6 Å². The number of ether oxygens (including phenoxy) is 2. The van der Waals surface area contributed by atoms with Crippen LogP contribution in [-0.2, 0) is 14.3 Å². The largest absolute Gasteiger partial charge is 0.457 e. The molecule has 198 valence electrons. The SMILES string of the molecule is CCCCCCCCCCCCCCCCCCCCOCC(CO)OC(=O)CCCCC. The molecule has 0 bridgehead atoms. The summed E-state index contributed by atoms with van der Waals surface area (Å²) < 4.78 is 10.9.